The van der Waals surface area contributed by atoms with Crippen LogP contribution in [0.2, 0.25) is 0 Å². The van der Waals surface area contributed by atoms with Gasteiger partial charge in [0.15, 0.2) is 0 Å². The highest BCUT2D eigenvalue weighted by Gasteiger charge is 2.20. The zero-order chi connectivity index (χ0) is 19.2. The maximum absolute atomic E-state index is 13.7. The number of halogens is 1. The van der Waals surface area contributed by atoms with E-state index in [-0.39, 0.29) is 24.4 Å². The predicted molar refractivity (Wildman–Crippen MR) is 97.3 cm³/mol. The van der Waals surface area contributed by atoms with Crippen LogP contribution in [-0.2, 0) is 27.4 Å². The molecule has 0 saturated carbocycles. The van der Waals surface area contributed by atoms with E-state index in [4.69, 9.17) is 9.47 Å². The maximum atomic E-state index is 13.7. The van der Waals surface area contributed by atoms with E-state index in [1.54, 1.807) is 6.07 Å². The number of aromatic nitrogens is 2. The minimum Gasteiger partial charge on any atom is -0.378 e. The van der Waals surface area contributed by atoms with Crippen molar-refractivity contribution < 1.29 is 18.7 Å². The summed E-state index contributed by atoms with van der Waals surface area (Å²) in [7, 11) is 1.52. The molecule has 0 spiro atoms. The van der Waals surface area contributed by atoms with Crippen LogP contribution in [0.25, 0.3) is 0 Å². The highest BCUT2D eigenvalue weighted by atomic mass is 19.1. The number of anilines is 2. The van der Waals surface area contributed by atoms with E-state index in [1.807, 2.05) is 4.90 Å². The Hall–Kier alpha value is -2.78. The average Bonchev–Trinajstić information content (AvgIpc) is 2.66. The second-order valence-corrected chi connectivity index (χ2v) is 6.03. The number of morpholine rings is 1. The third-order valence-electron chi connectivity index (χ3n) is 4.08. The van der Waals surface area contributed by atoms with Gasteiger partial charge in [-0.25, -0.2) is 9.37 Å². The normalized spacial score (nSPS) is 14.2. The van der Waals surface area contributed by atoms with Crippen LogP contribution in [-0.4, -0.2) is 48.9 Å². The zero-order valence-corrected chi connectivity index (χ0v) is 15.0. The van der Waals surface area contributed by atoms with Crippen LogP contribution in [0, 0.1) is 5.82 Å². The van der Waals surface area contributed by atoms with Gasteiger partial charge in [-0.15, -0.1) is 0 Å². The first-order chi connectivity index (χ1) is 13.1. The molecule has 1 aliphatic rings. The number of methoxy groups -OCH3 is 1. The molecule has 27 heavy (non-hydrogen) atoms. The molecular weight excluding hydrogens is 355 g/mol. The van der Waals surface area contributed by atoms with Crippen LogP contribution in [0.4, 0.5) is 16.0 Å². The molecule has 1 aliphatic heterocycles. The minimum absolute atomic E-state index is 0.0624. The van der Waals surface area contributed by atoms with E-state index in [9.17, 15) is 14.0 Å². The maximum Gasteiger partial charge on any atom is 0.255 e. The van der Waals surface area contributed by atoms with Crippen molar-refractivity contribution in [1.29, 1.82) is 0 Å². The van der Waals surface area contributed by atoms with E-state index < -0.39 is 11.7 Å². The third kappa shape index (κ3) is 4.69. The Labute approximate surface area is 155 Å². The highest BCUT2D eigenvalue weighted by molar-refractivity contribution is 5.90. The third-order valence-corrected chi connectivity index (χ3v) is 4.08. The smallest absolute Gasteiger partial charge is 0.255 e. The van der Waals surface area contributed by atoms with Crippen molar-refractivity contribution in [3.8, 4) is 0 Å². The lowest BCUT2D eigenvalue weighted by atomic mass is 10.3. The lowest BCUT2D eigenvalue weighted by Gasteiger charge is -2.29. The fourth-order valence-electron chi connectivity index (χ4n) is 2.81. The van der Waals surface area contributed by atoms with Gasteiger partial charge in [-0.2, -0.15) is 0 Å². The van der Waals surface area contributed by atoms with Crippen molar-refractivity contribution in [3.63, 3.8) is 0 Å². The molecule has 9 heteroatoms. The van der Waals surface area contributed by atoms with Gasteiger partial charge < -0.3 is 19.7 Å². The summed E-state index contributed by atoms with van der Waals surface area (Å²) in [6, 6.07) is 7.19. The molecule has 0 radical (unpaired) electrons. The predicted octanol–water partition coefficient (Wildman–Crippen LogP) is 1.00. The molecule has 1 aromatic carbocycles. The van der Waals surface area contributed by atoms with Crippen LogP contribution in [0.5, 0.6) is 0 Å². The summed E-state index contributed by atoms with van der Waals surface area (Å²) in [6.45, 7) is 2.03. The standard InChI is InChI=1S/C18H21FN4O4/c1-26-12-13-10-17(25)23(18(20-13)22-6-8-27-9-7-22)11-16(24)21-15-5-3-2-4-14(15)19/h2-5,10H,6-9,11-12H2,1H3,(H,21,24). The van der Waals surface area contributed by atoms with Crippen molar-refractivity contribution >= 4 is 17.5 Å². The quantitative estimate of drug-likeness (QED) is 0.810. The molecule has 2 heterocycles. The van der Waals surface area contributed by atoms with Gasteiger partial charge in [0.05, 0.1) is 31.2 Å². The first kappa shape index (κ1) is 19.0. The second kappa shape index (κ2) is 8.74. The molecule has 8 nitrogen and oxygen atoms in total. The van der Waals surface area contributed by atoms with Gasteiger partial charge in [0.2, 0.25) is 11.9 Å². The van der Waals surface area contributed by atoms with Gasteiger partial charge >= 0.3 is 0 Å². The van der Waals surface area contributed by atoms with Gasteiger partial charge in [0.1, 0.15) is 12.4 Å². The summed E-state index contributed by atoms with van der Waals surface area (Å²) in [5.74, 6) is -0.681. The largest absolute Gasteiger partial charge is 0.378 e. The number of nitrogens with zero attached hydrogens (tertiary/aromatic N) is 3. The Morgan fingerprint density at radius 1 is 1.33 bits per heavy atom. The van der Waals surface area contributed by atoms with Crippen LogP contribution in [0.1, 0.15) is 5.69 Å². The number of para-hydroxylation sites is 1. The van der Waals surface area contributed by atoms with Crippen LogP contribution >= 0.6 is 0 Å². The molecule has 1 saturated heterocycles. The lowest BCUT2D eigenvalue weighted by Crippen LogP contribution is -2.42. The van der Waals surface area contributed by atoms with Gasteiger partial charge in [-0.05, 0) is 12.1 Å². The van der Waals surface area contributed by atoms with Crippen molar-refractivity contribution in [3.05, 3.63) is 52.2 Å². The van der Waals surface area contributed by atoms with Gasteiger partial charge in [0.25, 0.3) is 5.56 Å². The molecule has 144 valence electrons. The minimum atomic E-state index is -0.542. The molecule has 1 fully saturated rings. The average molecular weight is 376 g/mol. The molecule has 0 bridgehead atoms. The summed E-state index contributed by atoms with van der Waals surface area (Å²) in [4.78, 5) is 31.4. The molecular formula is C18H21FN4O4. The summed E-state index contributed by atoms with van der Waals surface area (Å²) < 4.78 is 25.4. The number of amides is 1. The number of rotatable bonds is 6. The molecule has 0 atom stereocenters. The number of carbonyl (C=O) groups excluding carboxylic acids is 1. The SMILES string of the molecule is COCc1cc(=O)n(CC(=O)Nc2ccccc2F)c(N2CCOCC2)n1. The Bertz CT molecular complexity index is 865. The highest BCUT2D eigenvalue weighted by Crippen LogP contribution is 2.15. The molecule has 1 amide bonds. The fraction of sp³-hybridized carbons (Fsp3) is 0.389. The van der Waals surface area contributed by atoms with Crippen LogP contribution in [0.15, 0.2) is 35.1 Å². The van der Waals surface area contributed by atoms with Gasteiger partial charge in [-0.3, -0.25) is 14.2 Å². The first-order valence-electron chi connectivity index (χ1n) is 8.55. The topological polar surface area (TPSA) is 85.7 Å². The number of hydrogen-bond donors (Lipinski definition) is 1. The van der Waals surface area contributed by atoms with Crippen molar-refractivity contribution in [2.24, 2.45) is 0 Å². The Balaban J connectivity index is 1.87. The summed E-state index contributed by atoms with van der Waals surface area (Å²) in [6.07, 6.45) is 0. The fourth-order valence-corrected chi connectivity index (χ4v) is 2.81. The number of ether oxygens (including phenoxy) is 2. The van der Waals surface area contributed by atoms with Crippen molar-refractivity contribution in [2.75, 3.05) is 43.6 Å². The van der Waals surface area contributed by atoms with E-state index in [0.29, 0.717) is 37.9 Å². The van der Waals surface area contributed by atoms with E-state index in [0.717, 1.165) is 0 Å². The number of carbonyl (C=O) groups is 1. The van der Waals surface area contributed by atoms with Gasteiger partial charge in [0, 0.05) is 26.3 Å². The number of hydrogen-bond acceptors (Lipinski definition) is 6. The Kier molecular flexibility index (Phi) is 6.15. The van der Waals surface area contributed by atoms with Gasteiger partial charge in [-0.1, -0.05) is 12.1 Å². The Morgan fingerprint density at radius 3 is 2.78 bits per heavy atom. The second-order valence-electron chi connectivity index (χ2n) is 6.03. The van der Waals surface area contributed by atoms with Crippen LogP contribution < -0.4 is 15.8 Å². The molecule has 2 aromatic rings. The van der Waals surface area contributed by atoms with Crippen molar-refractivity contribution in [1.82, 2.24) is 9.55 Å². The first-order valence-corrected chi connectivity index (χ1v) is 8.55. The number of benzene rings is 1. The van der Waals surface area contributed by atoms with E-state index in [2.05, 4.69) is 10.3 Å². The summed E-state index contributed by atoms with van der Waals surface area (Å²) >= 11 is 0. The van der Waals surface area contributed by atoms with E-state index >= 15 is 0 Å². The Morgan fingerprint density at radius 2 is 2.07 bits per heavy atom. The molecule has 0 unspecified atom stereocenters. The molecule has 0 aliphatic carbocycles. The summed E-state index contributed by atoms with van der Waals surface area (Å²) in [5, 5.41) is 2.49. The monoisotopic (exact) mass is 376 g/mol. The molecule has 3 rings (SSSR count). The molecule has 1 aromatic heterocycles. The number of nitrogens with one attached hydrogen (secondary N) is 1. The zero-order valence-electron chi connectivity index (χ0n) is 15.0. The van der Waals surface area contributed by atoms with E-state index in [1.165, 1.54) is 35.9 Å². The van der Waals surface area contributed by atoms with Crippen molar-refractivity contribution in [2.45, 2.75) is 13.2 Å². The van der Waals surface area contributed by atoms with Crippen LogP contribution in [0.3, 0.4) is 0 Å². The molecule has 1 N–H and O–H groups in total. The lowest BCUT2D eigenvalue weighted by molar-refractivity contribution is -0.116. The summed E-state index contributed by atoms with van der Waals surface area (Å²) in [5.41, 5.74) is 0.171.